The molecule has 2 rings (SSSR count). The minimum Gasteiger partial charge on any atom is -0.464 e. The van der Waals surface area contributed by atoms with Crippen LogP contribution < -0.4 is 0 Å². The summed E-state index contributed by atoms with van der Waals surface area (Å²) < 4.78 is 9.49. The Morgan fingerprint density at radius 3 is 2.88 bits per heavy atom. The maximum atomic E-state index is 11.3. The van der Waals surface area contributed by atoms with Crippen LogP contribution in [0.15, 0.2) is 23.1 Å². The van der Waals surface area contributed by atoms with E-state index in [4.69, 9.17) is 4.52 Å². The highest BCUT2D eigenvalue weighted by atomic mass is 16.5. The summed E-state index contributed by atoms with van der Waals surface area (Å²) in [7, 11) is 1.30. The van der Waals surface area contributed by atoms with Crippen LogP contribution in [0.4, 0.5) is 0 Å². The summed E-state index contributed by atoms with van der Waals surface area (Å²) in [4.78, 5) is 19.1. The third-order valence-electron chi connectivity index (χ3n) is 2.09. The minimum absolute atomic E-state index is 0.202. The van der Waals surface area contributed by atoms with E-state index in [9.17, 15) is 4.79 Å². The number of rotatable bonds is 2. The lowest BCUT2D eigenvalue weighted by atomic mass is 10.2. The smallest absolute Gasteiger partial charge is 0.356 e. The molecule has 6 heteroatoms. The van der Waals surface area contributed by atoms with Gasteiger partial charge in [-0.05, 0) is 13.0 Å². The standard InChI is InChI=1S/C10H9N3O3/c1-6-7(4-13-16-6)8-3-9(10(14)15-2)12-5-11-8/h3-5H,1-2H3. The molecule has 82 valence electrons. The molecule has 0 saturated carbocycles. The van der Waals surface area contributed by atoms with Crippen LogP contribution >= 0.6 is 0 Å². The topological polar surface area (TPSA) is 78.1 Å². The number of aryl methyl sites for hydroxylation is 1. The molecule has 2 aromatic heterocycles. The normalized spacial score (nSPS) is 10.1. The van der Waals surface area contributed by atoms with Crippen molar-refractivity contribution in [3.05, 3.63) is 30.0 Å². The Bertz CT molecular complexity index is 522. The molecule has 0 spiro atoms. The lowest BCUT2D eigenvalue weighted by molar-refractivity contribution is 0.0594. The van der Waals surface area contributed by atoms with Gasteiger partial charge in [0.05, 0.1) is 24.6 Å². The molecule has 0 aromatic carbocycles. The van der Waals surface area contributed by atoms with Crippen LogP contribution in [0.25, 0.3) is 11.3 Å². The number of ether oxygens (including phenoxy) is 1. The molecule has 0 aliphatic carbocycles. The van der Waals surface area contributed by atoms with E-state index in [1.54, 1.807) is 13.1 Å². The van der Waals surface area contributed by atoms with Crippen LogP contribution in [0.5, 0.6) is 0 Å². The van der Waals surface area contributed by atoms with Crippen molar-refractivity contribution in [1.29, 1.82) is 0 Å². The number of nitrogens with zero attached hydrogens (tertiary/aromatic N) is 3. The molecule has 2 aromatic rings. The Morgan fingerprint density at radius 2 is 2.25 bits per heavy atom. The summed E-state index contributed by atoms with van der Waals surface area (Å²) in [5.74, 6) is 0.132. The van der Waals surface area contributed by atoms with Gasteiger partial charge >= 0.3 is 5.97 Å². The second kappa shape index (κ2) is 4.09. The highest BCUT2D eigenvalue weighted by Crippen LogP contribution is 2.20. The van der Waals surface area contributed by atoms with Crippen molar-refractivity contribution in [3.63, 3.8) is 0 Å². The van der Waals surface area contributed by atoms with Crippen molar-refractivity contribution in [2.45, 2.75) is 6.92 Å². The van der Waals surface area contributed by atoms with E-state index in [1.807, 2.05) is 0 Å². The molecule has 16 heavy (non-hydrogen) atoms. The zero-order valence-corrected chi connectivity index (χ0v) is 8.80. The Hall–Kier alpha value is -2.24. The highest BCUT2D eigenvalue weighted by Gasteiger charge is 2.12. The first kappa shape index (κ1) is 10.3. The number of hydrogen-bond acceptors (Lipinski definition) is 6. The highest BCUT2D eigenvalue weighted by molar-refractivity contribution is 5.88. The molecule has 0 amide bonds. The van der Waals surface area contributed by atoms with Crippen molar-refractivity contribution >= 4 is 5.97 Å². The molecule has 0 atom stereocenters. The Morgan fingerprint density at radius 1 is 1.44 bits per heavy atom. The fourth-order valence-corrected chi connectivity index (χ4v) is 1.27. The predicted octanol–water partition coefficient (Wildman–Crippen LogP) is 1.23. The van der Waals surface area contributed by atoms with Gasteiger partial charge in [-0.25, -0.2) is 14.8 Å². The van der Waals surface area contributed by atoms with E-state index in [0.29, 0.717) is 11.5 Å². The quantitative estimate of drug-likeness (QED) is 0.707. The summed E-state index contributed by atoms with van der Waals surface area (Å²) in [6.45, 7) is 1.77. The van der Waals surface area contributed by atoms with Gasteiger partial charge < -0.3 is 9.26 Å². The first-order chi connectivity index (χ1) is 7.72. The van der Waals surface area contributed by atoms with Gasteiger partial charge in [0.25, 0.3) is 0 Å². The lowest BCUT2D eigenvalue weighted by Gasteiger charge is -2.00. The zero-order valence-electron chi connectivity index (χ0n) is 8.80. The fourth-order valence-electron chi connectivity index (χ4n) is 1.27. The van der Waals surface area contributed by atoms with Crippen molar-refractivity contribution in [1.82, 2.24) is 15.1 Å². The maximum absolute atomic E-state index is 11.3. The largest absolute Gasteiger partial charge is 0.464 e. The maximum Gasteiger partial charge on any atom is 0.356 e. The van der Waals surface area contributed by atoms with Crippen LogP contribution in [0, 0.1) is 6.92 Å². The van der Waals surface area contributed by atoms with Crippen LogP contribution in [0.2, 0.25) is 0 Å². The molecule has 0 bridgehead atoms. The van der Waals surface area contributed by atoms with Crippen LogP contribution in [0.1, 0.15) is 16.2 Å². The molecule has 0 fully saturated rings. The molecule has 0 unspecified atom stereocenters. The second-order valence-electron chi connectivity index (χ2n) is 3.08. The Balaban J connectivity index is 2.44. The number of methoxy groups -OCH3 is 1. The Kier molecular flexibility index (Phi) is 2.63. The number of carbonyl (C=O) groups is 1. The van der Waals surface area contributed by atoms with Crippen molar-refractivity contribution in [2.75, 3.05) is 7.11 Å². The van der Waals surface area contributed by atoms with Crippen molar-refractivity contribution in [2.24, 2.45) is 0 Å². The second-order valence-corrected chi connectivity index (χ2v) is 3.08. The van der Waals surface area contributed by atoms with E-state index < -0.39 is 5.97 Å². The number of aromatic nitrogens is 3. The lowest BCUT2D eigenvalue weighted by Crippen LogP contribution is -2.04. The third kappa shape index (κ3) is 1.77. The summed E-state index contributed by atoms with van der Waals surface area (Å²) in [6.07, 6.45) is 2.84. The molecule has 0 radical (unpaired) electrons. The van der Waals surface area contributed by atoms with E-state index in [-0.39, 0.29) is 5.69 Å². The van der Waals surface area contributed by atoms with Gasteiger partial charge in [-0.15, -0.1) is 0 Å². The summed E-state index contributed by atoms with van der Waals surface area (Å²) in [6, 6.07) is 1.53. The molecule has 6 nitrogen and oxygen atoms in total. The van der Waals surface area contributed by atoms with Crippen LogP contribution in [0.3, 0.4) is 0 Å². The van der Waals surface area contributed by atoms with Crippen LogP contribution in [-0.2, 0) is 4.74 Å². The van der Waals surface area contributed by atoms with Gasteiger partial charge in [-0.2, -0.15) is 0 Å². The van der Waals surface area contributed by atoms with Crippen molar-refractivity contribution < 1.29 is 14.1 Å². The number of esters is 1. The Labute approximate surface area is 91.3 Å². The van der Waals surface area contributed by atoms with Gasteiger partial charge in [-0.1, -0.05) is 5.16 Å². The van der Waals surface area contributed by atoms with E-state index >= 15 is 0 Å². The van der Waals surface area contributed by atoms with Gasteiger partial charge in [-0.3, -0.25) is 0 Å². The van der Waals surface area contributed by atoms with Gasteiger partial charge in [0.15, 0.2) is 5.69 Å². The first-order valence-corrected chi connectivity index (χ1v) is 4.54. The van der Waals surface area contributed by atoms with Crippen LogP contribution in [-0.4, -0.2) is 28.2 Å². The number of carbonyl (C=O) groups excluding carboxylic acids is 1. The first-order valence-electron chi connectivity index (χ1n) is 4.54. The van der Waals surface area contributed by atoms with Gasteiger partial charge in [0, 0.05) is 0 Å². The van der Waals surface area contributed by atoms with Gasteiger partial charge in [0.1, 0.15) is 12.1 Å². The zero-order chi connectivity index (χ0) is 11.5. The molecule has 0 saturated heterocycles. The monoisotopic (exact) mass is 219 g/mol. The average molecular weight is 219 g/mol. The minimum atomic E-state index is -0.502. The average Bonchev–Trinajstić information content (AvgIpc) is 2.74. The summed E-state index contributed by atoms with van der Waals surface area (Å²) >= 11 is 0. The molecule has 2 heterocycles. The predicted molar refractivity (Wildman–Crippen MR) is 53.6 cm³/mol. The third-order valence-corrected chi connectivity index (χ3v) is 2.09. The molecular weight excluding hydrogens is 210 g/mol. The SMILES string of the molecule is COC(=O)c1cc(-c2cnoc2C)ncn1. The van der Waals surface area contributed by atoms with Gasteiger partial charge in [0.2, 0.25) is 0 Å². The van der Waals surface area contributed by atoms with Crippen molar-refractivity contribution in [3.8, 4) is 11.3 Å². The van der Waals surface area contributed by atoms with E-state index in [1.165, 1.54) is 19.5 Å². The molecule has 0 aliphatic rings. The number of hydrogen-bond donors (Lipinski definition) is 0. The summed E-state index contributed by atoms with van der Waals surface area (Å²) in [5.41, 5.74) is 1.51. The summed E-state index contributed by atoms with van der Waals surface area (Å²) in [5, 5.41) is 3.64. The van der Waals surface area contributed by atoms with E-state index in [2.05, 4.69) is 19.9 Å². The molecular formula is C10H9N3O3. The van der Waals surface area contributed by atoms with E-state index in [0.717, 1.165) is 5.56 Å². The fraction of sp³-hybridized carbons (Fsp3) is 0.200. The molecule has 0 aliphatic heterocycles. The molecule has 0 N–H and O–H groups in total.